The maximum Gasteiger partial charge on any atom is 0.336 e. The van der Waals surface area contributed by atoms with Crippen molar-refractivity contribution in [3.8, 4) is 0 Å². The average molecular weight is 359 g/mol. The van der Waals surface area contributed by atoms with Crippen LogP contribution in [-0.4, -0.2) is 21.3 Å². The SMILES string of the molecule is O=C(O)c1ccccc1/C=C1/SC(=S)N(c2cccc(F)c2)C1=O. The van der Waals surface area contributed by atoms with E-state index in [1.807, 2.05) is 0 Å². The van der Waals surface area contributed by atoms with E-state index in [1.54, 1.807) is 24.3 Å². The van der Waals surface area contributed by atoms with E-state index in [1.165, 1.54) is 35.2 Å². The third-order valence-corrected chi connectivity index (χ3v) is 4.64. The number of carboxylic acid groups (broad SMARTS) is 1. The highest BCUT2D eigenvalue weighted by Gasteiger charge is 2.33. The molecule has 1 aliphatic heterocycles. The molecule has 1 N–H and O–H groups in total. The first-order valence-corrected chi connectivity index (χ1v) is 8.05. The summed E-state index contributed by atoms with van der Waals surface area (Å²) >= 11 is 6.26. The van der Waals surface area contributed by atoms with Gasteiger partial charge in [-0.05, 0) is 35.9 Å². The molecule has 1 heterocycles. The molecule has 0 aliphatic carbocycles. The summed E-state index contributed by atoms with van der Waals surface area (Å²) in [6, 6.07) is 11.9. The monoisotopic (exact) mass is 359 g/mol. The summed E-state index contributed by atoms with van der Waals surface area (Å²) < 4.78 is 13.7. The largest absolute Gasteiger partial charge is 0.478 e. The minimum atomic E-state index is -1.08. The molecule has 0 bridgehead atoms. The molecule has 1 amide bonds. The minimum absolute atomic E-state index is 0.0912. The average Bonchev–Trinajstić information content (AvgIpc) is 2.81. The molecule has 0 saturated carbocycles. The Bertz CT molecular complexity index is 895. The van der Waals surface area contributed by atoms with E-state index in [9.17, 15) is 19.1 Å². The van der Waals surface area contributed by atoms with Gasteiger partial charge in [-0.15, -0.1) is 0 Å². The number of rotatable bonds is 3. The van der Waals surface area contributed by atoms with Crippen LogP contribution in [0.2, 0.25) is 0 Å². The highest BCUT2D eigenvalue weighted by Crippen LogP contribution is 2.36. The van der Waals surface area contributed by atoms with Gasteiger partial charge in [0.25, 0.3) is 5.91 Å². The van der Waals surface area contributed by atoms with E-state index in [0.717, 1.165) is 11.8 Å². The summed E-state index contributed by atoms with van der Waals surface area (Å²) in [5.74, 6) is -1.96. The molecule has 24 heavy (non-hydrogen) atoms. The fourth-order valence-corrected chi connectivity index (χ4v) is 3.55. The number of halogens is 1. The fourth-order valence-electron chi connectivity index (χ4n) is 2.26. The third-order valence-electron chi connectivity index (χ3n) is 3.34. The normalized spacial score (nSPS) is 16.0. The zero-order chi connectivity index (χ0) is 17.3. The van der Waals surface area contributed by atoms with Crippen LogP contribution in [0, 0.1) is 5.82 Å². The van der Waals surface area contributed by atoms with E-state index in [2.05, 4.69) is 0 Å². The van der Waals surface area contributed by atoms with Gasteiger partial charge in [-0.2, -0.15) is 0 Å². The lowest BCUT2D eigenvalue weighted by atomic mass is 10.1. The zero-order valence-corrected chi connectivity index (χ0v) is 13.7. The predicted octanol–water partition coefficient (Wildman–Crippen LogP) is 3.93. The smallest absolute Gasteiger partial charge is 0.336 e. The van der Waals surface area contributed by atoms with Gasteiger partial charge in [0.15, 0.2) is 4.32 Å². The maximum atomic E-state index is 13.4. The number of amides is 1. The first kappa shape index (κ1) is 16.4. The third kappa shape index (κ3) is 3.08. The summed E-state index contributed by atoms with van der Waals surface area (Å²) in [5.41, 5.74) is 0.839. The molecule has 0 radical (unpaired) electrons. The number of hydrogen-bond acceptors (Lipinski definition) is 4. The Morgan fingerprint density at radius 2 is 1.96 bits per heavy atom. The summed E-state index contributed by atoms with van der Waals surface area (Å²) in [7, 11) is 0. The molecule has 1 fully saturated rings. The Hall–Kier alpha value is -2.51. The number of carbonyl (C=O) groups is 2. The number of aromatic carboxylic acids is 1. The van der Waals surface area contributed by atoms with E-state index in [0.29, 0.717) is 11.3 Å². The standard InChI is InChI=1S/C17H10FNO3S2/c18-11-5-3-6-12(9-11)19-15(20)14(24-17(19)23)8-10-4-1-2-7-13(10)16(21)22/h1-9H,(H,21,22)/b14-8+. The number of hydrogen-bond donors (Lipinski definition) is 1. The molecule has 1 saturated heterocycles. The van der Waals surface area contributed by atoms with Gasteiger partial charge in [0.1, 0.15) is 5.82 Å². The number of thiocarbonyl (C=S) groups is 1. The molecule has 2 aromatic carbocycles. The van der Waals surface area contributed by atoms with Crippen molar-refractivity contribution in [3.63, 3.8) is 0 Å². The molecular formula is C17H10FNO3S2. The molecule has 0 spiro atoms. The minimum Gasteiger partial charge on any atom is -0.478 e. The zero-order valence-electron chi connectivity index (χ0n) is 12.1. The Morgan fingerprint density at radius 1 is 1.21 bits per heavy atom. The first-order chi connectivity index (χ1) is 11.5. The molecule has 3 rings (SSSR count). The van der Waals surface area contributed by atoms with Crippen LogP contribution in [0.5, 0.6) is 0 Å². The Morgan fingerprint density at radius 3 is 2.67 bits per heavy atom. The van der Waals surface area contributed by atoms with E-state index in [4.69, 9.17) is 12.2 Å². The van der Waals surface area contributed by atoms with E-state index >= 15 is 0 Å². The lowest BCUT2D eigenvalue weighted by molar-refractivity contribution is -0.113. The van der Waals surface area contributed by atoms with Crippen molar-refractivity contribution in [3.05, 3.63) is 70.4 Å². The summed E-state index contributed by atoms with van der Waals surface area (Å²) in [5, 5.41) is 9.22. The highest BCUT2D eigenvalue weighted by atomic mass is 32.2. The van der Waals surface area contributed by atoms with Crippen molar-refractivity contribution >= 4 is 51.9 Å². The van der Waals surface area contributed by atoms with Crippen LogP contribution in [0.15, 0.2) is 53.4 Å². The van der Waals surface area contributed by atoms with Crippen LogP contribution in [0.25, 0.3) is 6.08 Å². The van der Waals surface area contributed by atoms with Gasteiger partial charge in [0.05, 0.1) is 16.2 Å². The van der Waals surface area contributed by atoms with Crippen molar-refractivity contribution in [1.82, 2.24) is 0 Å². The van der Waals surface area contributed by atoms with Crippen molar-refractivity contribution < 1.29 is 19.1 Å². The quantitative estimate of drug-likeness (QED) is 0.665. The van der Waals surface area contributed by atoms with E-state index < -0.39 is 17.7 Å². The van der Waals surface area contributed by atoms with Gasteiger partial charge < -0.3 is 5.11 Å². The van der Waals surface area contributed by atoms with Gasteiger partial charge in [-0.1, -0.05) is 48.2 Å². The van der Waals surface area contributed by atoms with Gasteiger partial charge in [0.2, 0.25) is 0 Å². The van der Waals surface area contributed by atoms with E-state index in [-0.39, 0.29) is 14.8 Å². The predicted molar refractivity (Wildman–Crippen MR) is 95.5 cm³/mol. The second kappa shape index (κ2) is 6.54. The lowest BCUT2D eigenvalue weighted by Crippen LogP contribution is -2.27. The van der Waals surface area contributed by atoms with Gasteiger partial charge in [0, 0.05) is 0 Å². The Labute approximate surface area is 146 Å². The lowest BCUT2D eigenvalue weighted by Gasteiger charge is -2.14. The van der Waals surface area contributed by atoms with Crippen LogP contribution in [0.1, 0.15) is 15.9 Å². The molecule has 7 heteroatoms. The molecular weight excluding hydrogens is 349 g/mol. The summed E-state index contributed by atoms with van der Waals surface area (Å²) in [4.78, 5) is 25.4. The van der Waals surface area contributed by atoms with Gasteiger partial charge in [-0.25, -0.2) is 9.18 Å². The Kier molecular flexibility index (Phi) is 4.46. The molecule has 2 aromatic rings. The fraction of sp³-hybridized carbons (Fsp3) is 0. The number of carbonyl (C=O) groups excluding carboxylic acids is 1. The molecule has 0 aromatic heterocycles. The van der Waals surface area contributed by atoms with Crippen LogP contribution in [0.4, 0.5) is 10.1 Å². The van der Waals surface area contributed by atoms with Crippen LogP contribution in [-0.2, 0) is 4.79 Å². The topological polar surface area (TPSA) is 57.6 Å². The van der Waals surface area contributed by atoms with Crippen molar-refractivity contribution in [2.24, 2.45) is 0 Å². The molecule has 0 atom stereocenters. The molecule has 1 aliphatic rings. The molecule has 0 unspecified atom stereocenters. The molecule has 4 nitrogen and oxygen atoms in total. The summed E-state index contributed by atoms with van der Waals surface area (Å²) in [6.45, 7) is 0. The van der Waals surface area contributed by atoms with Crippen molar-refractivity contribution in [2.75, 3.05) is 4.90 Å². The van der Waals surface area contributed by atoms with Crippen LogP contribution >= 0.6 is 24.0 Å². The maximum absolute atomic E-state index is 13.4. The number of thioether (sulfide) groups is 1. The number of benzene rings is 2. The second-order valence-corrected chi connectivity index (χ2v) is 6.57. The second-order valence-electron chi connectivity index (χ2n) is 4.89. The van der Waals surface area contributed by atoms with Crippen molar-refractivity contribution in [1.29, 1.82) is 0 Å². The van der Waals surface area contributed by atoms with Crippen molar-refractivity contribution in [2.45, 2.75) is 0 Å². The van der Waals surface area contributed by atoms with Crippen LogP contribution in [0.3, 0.4) is 0 Å². The summed E-state index contributed by atoms with van der Waals surface area (Å²) in [6.07, 6.45) is 1.49. The number of carboxylic acids is 1. The van der Waals surface area contributed by atoms with Gasteiger partial charge in [-0.3, -0.25) is 9.69 Å². The van der Waals surface area contributed by atoms with Crippen LogP contribution < -0.4 is 4.90 Å². The Balaban J connectivity index is 1.99. The number of anilines is 1. The first-order valence-electron chi connectivity index (χ1n) is 6.83. The highest BCUT2D eigenvalue weighted by molar-refractivity contribution is 8.27. The number of nitrogens with zero attached hydrogens (tertiary/aromatic N) is 1. The molecule has 120 valence electrons. The van der Waals surface area contributed by atoms with Gasteiger partial charge >= 0.3 is 5.97 Å².